The molecule has 1 nitrogen and oxygen atoms in total. The fourth-order valence-corrected chi connectivity index (χ4v) is 1.52. The third-order valence-corrected chi connectivity index (χ3v) is 2.01. The van der Waals surface area contributed by atoms with E-state index in [1.165, 1.54) is 0 Å². The van der Waals surface area contributed by atoms with Gasteiger partial charge < -0.3 is 5.32 Å². The van der Waals surface area contributed by atoms with Crippen LogP contribution in [-0.4, -0.2) is 17.4 Å². The van der Waals surface area contributed by atoms with Gasteiger partial charge in [-0.1, -0.05) is 0 Å². The Bertz CT molecular complexity index is 68.8. The van der Waals surface area contributed by atoms with E-state index in [1.807, 2.05) is 0 Å². The van der Waals surface area contributed by atoms with Gasteiger partial charge in [-0.25, -0.2) is 0 Å². The van der Waals surface area contributed by atoms with Gasteiger partial charge in [-0.15, -0.1) is 23.2 Å². The molecule has 1 heterocycles. The fourth-order valence-electron chi connectivity index (χ4n) is 0.822. The smallest absolute Gasteiger partial charge is 0.0839 e. The van der Waals surface area contributed by atoms with Crippen LogP contribution in [0, 0.1) is 0 Å². The molecule has 2 unspecified atom stereocenters. The Balaban J connectivity index is 2.23. The second-order valence-electron chi connectivity index (χ2n) is 2.04. The number of halogens is 2. The minimum atomic E-state index is 0.103. The van der Waals surface area contributed by atoms with Crippen molar-refractivity contribution in [3.8, 4) is 0 Å². The van der Waals surface area contributed by atoms with E-state index >= 15 is 0 Å². The average Bonchev–Trinajstić information content (AvgIpc) is 1.64. The van der Waals surface area contributed by atoms with Crippen molar-refractivity contribution in [1.82, 2.24) is 5.32 Å². The highest BCUT2D eigenvalue weighted by Gasteiger charge is 2.16. The molecule has 1 N–H and O–H groups in total. The van der Waals surface area contributed by atoms with Crippen LogP contribution in [0.2, 0.25) is 0 Å². The lowest BCUT2D eigenvalue weighted by Gasteiger charge is -2.21. The minimum Gasteiger partial charge on any atom is -0.301 e. The number of hydrogen-bond acceptors (Lipinski definition) is 1. The second-order valence-corrected chi connectivity index (χ2v) is 3.19. The molecule has 0 aromatic carbocycles. The van der Waals surface area contributed by atoms with Gasteiger partial charge in [0.2, 0.25) is 0 Å². The van der Waals surface area contributed by atoms with E-state index in [0.29, 0.717) is 5.38 Å². The van der Waals surface area contributed by atoms with E-state index in [9.17, 15) is 0 Å². The molecule has 2 atom stereocenters. The van der Waals surface area contributed by atoms with Crippen molar-refractivity contribution in [3.05, 3.63) is 0 Å². The van der Waals surface area contributed by atoms with Gasteiger partial charge in [-0.3, -0.25) is 0 Å². The molecule has 1 rings (SSSR count). The van der Waals surface area contributed by atoms with Crippen LogP contribution in [-0.2, 0) is 0 Å². The van der Waals surface area contributed by atoms with Crippen molar-refractivity contribution in [3.63, 3.8) is 0 Å². The maximum atomic E-state index is 5.79. The van der Waals surface area contributed by atoms with Gasteiger partial charge in [0.1, 0.15) is 0 Å². The molecule has 8 heavy (non-hydrogen) atoms. The zero-order chi connectivity index (χ0) is 5.98. The zero-order valence-corrected chi connectivity index (χ0v) is 6.04. The molecule has 0 radical (unpaired) electrons. The molecular weight excluding hydrogens is 145 g/mol. The standard InChI is InChI=1S/C5H9Cl2N/c6-4-1-2-8-5(7)3-4/h4-5,8H,1-3H2. The summed E-state index contributed by atoms with van der Waals surface area (Å²) in [7, 11) is 0. The van der Waals surface area contributed by atoms with E-state index in [0.717, 1.165) is 19.4 Å². The van der Waals surface area contributed by atoms with E-state index in [1.54, 1.807) is 0 Å². The molecule has 0 saturated carbocycles. The van der Waals surface area contributed by atoms with Gasteiger partial charge in [0.25, 0.3) is 0 Å². The Hall–Kier alpha value is 0.540. The lowest BCUT2D eigenvalue weighted by atomic mass is 10.2. The molecule has 1 fully saturated rings. The van der Waals surface area contributed by atoms with Gasteiger partial charge in [0.05, 0.1) is 5.50 Å². The average molecular weight is 154 g/mol. The lowest BCUT2D eigenvalue weighted by molar-refractivity contribution is 0.492. The van der Waals surface area contributed by atoms with E-state index < -0.39 is 0 Å². The molecule has 3 heteroatoms. The Morgan fingerprint density at radius 1 is 1.38 bits per heavy atom. The van der Waals surface area contributed by atoms with Crippen molar-refractivity contribution in [2.75, 3.05) is 6.54 Å². The molecule has 0 aliphatic carbocycles. The van der Waals surface area contributed by atoms with Gasteiger partial charge >= 0.3 is 0 Å². The molecule has 48 valence electrons. The van der Waals surface area contributed by atoms with E-state index in [4.69, 9.17) is 23.2 Å². The topological polar surface area (TPSA) is 12.0 Å². The van der Waals surface area contributed by atoms with Crippen LogP contribution in [0.5, 0.6) is 0 Å². The molecular formula is C5H9Cl2N. The van der Waals surface area contributed by atoms with Crippen LogP contribution >= 0.6 is 23.2 Å². The Labute approximate surface area is 59.3 Å². The first kappa shape index (κ1) is 6.66. The molecule has 0 aromatic rings. The number of alkyl halides is 2. The highest BCUT2D eigenvalue weighted by molar-refractivity contribution is 6.23. The third kappa shape index (κ3) is 1.81. The highest BCUT2D eigenvalue weighted by atomic mass is 35.5. The Morgan fingerprint density at radius 2 is 2.12 bits per heavy atom. The van der Waals surface area contributed by atoms with Crippen molar-refractivity contribution in [2.45, 2.75) is 23.7 Å². The summed E-state index contributed by atoms with van der Waals surface area (Å²) < 4.78 is 0. The van der Waals surface area contributed by atoms with E-state index in [-0.39, 0.29) is 5.50 Å². The summed E-state index contributed by atoms with van der Waals surface area (Å²) in [4.78, 5) is 0. The maximum Gasteiger partial charge on any atom is 0.0839 e. The van der Waals surface area contributed by atoms with Gasteiger partial charge in [0.15, 0.2) is 0 Å². The quantitative estimate of drug-likeness (QED) is 0.412. The zero-order valence-electron chi connectivity index (χ0n) is 4.53. The van der Waals surface area contributed by atoms with Gasteiger partial charge in [-0.2, -0.15) is 0 Å². The molecule has 0 spiro atoms. The Morgan fingerprint density at radius 3 is 2.50 bits per heavy atom. The number of hydrogen-bond donors (Lipinski definition) is 1. The summed E-state index contributed by atoms with van der Waals surface area (Å²) in [5.74, 6) is 0. The number of piperidine rings is 1. The predicted octanol–water partition coefficient (Wildman–Crippen LogP) is 1.54. The first-order valence-electron chi connectivity index (χ1n) is 2.80. The summed E-state index contributed by atoms with van der Waals surface area (Å²) in [6.45, 7) is 0.961. The first-order chi connectivity index (χ1) is 3.79. The van der Waals surface area contributed by atoms with Crippen LogP contribution < -0.4 is 5.32 Å². The van der Waals surface area contributed by atoms with E-state index in [2.05, 4.69) is 5.32 Å². The normalized spacial score (nSPS) is 39.8. The summed E-state index contributed by atoms with van der Waals surface area (Å²) in [5.41, 5.74) is 0.103. The van der Waals surface area contributed by atoms with Crippen LogP contribution in [0.3, 0.4) is 0 Å². The molecule has 1 saturated heterocycles. The summed E-state index contributed by atoms with van der Waals surface area (Å²) >= 11 is 11.5. The van der Waals surface area contributed by atoms with Crippen molar-refractivity contribution >= 4 is 23.2 Å². The van der Waals surface area contributed by atoms with Crippen molar-refractivity contribution in [2.24, 2.45) is 0 Å². The lowest BCUT2D eigenvalue weighted by Crippen LogP contribution is -2.34. The van der Waals surface area contributed by atoms with Crippen molar-refractivity contribution < 1.29 is 0 Å². The van der Waals surface area contributed by atoms with Gasteiger partial charge in [-0.05, 0) is 19.4 Å². The van der Waals surface area contributed by atoms with Crippen LogP contribution in [0.4, 0.5) is 0 Å². The predicted molar refractivity (Wildman–Crippen MR) is 36.5 cm³/mol. The monoisotopic (exact) mass is 153 g/mol. The highest BCUT2D eigenvalue weighted by Crippen LogP contribution is 2.15. The summed E-state index contributed by atoms with van der Waals surface area (Å²) in [5, 5.41) is 3.38. The molecule has 0 amide bonds. The van der Waals surface area contributed by atoms with Crippen LogP contribution in [0.25, 0.3) is 0 Å². The molecule has 0 bridgehead atoms. The van der Waals surface area contributed by atoms with Crippen molar-refractivity contribution in [1.29, 1.82) is 0 Å². The van der Waals surface area contributed by atoms with Crippen LogP contribution in [0.15, 0.2) is 0 Å². The van der Waals surface area contributed by atoms with Crippen LogP contribution in [0.1, 0.15) is 12.8 Å². The minimum absolute atomic E-state index is 0.103. The number of rotatable bonds is 0. The number of nitrogens with one attached hydrogen (secondary N) is 1. The SMILES string of the molecule is ClC1CCNC(Cl)C1. The maximum absolute atomic E-state index is 5.79. The third-order valence-electron chi connectivity index (χ3n) is 1.29. The largest absolute Gasteiger partial charge is 0.301 e. The fraction of sp³-hybridized carbons (Fsp3) is 1.00. The summed E-state index contributed by atoms with van der Waals surface area (Å²) in [6, 6.07) is 0. The molecule has 0 aromatic heterocycles. The van der Waals surface area contributed by atoms with Gasteiger partial charge in [0, 0.05) is 5.38 Å². The molecule has 1 aliphatic heterocycles. The Kier molecular flexibility index (Phi) is 2.42. The summed E-state index contributed by atoms with van der Waals surface area (Å²) in [6.07, 6.45) is 1.94. The second kappa shape index (κ2) is 2.90. The first-order valence-corrected chi connectivity index (χ1v) is 3.68. The molecule has 1 aliphatic rings.